The molecule has 4 atom stereocenters. The molecule has 0 amide bonds. The van der Waals surface area contributed by atoms with Crippen LogP contribution in [0.4, 0.5) is 0 Å². The van der Waals surface area contributed by atoms with Crippen molar-refractivity contribution in [2.24, 2.45) is 5.92 Å². The number of hydrogen-bond acceptors (Lipinski definition) is 4. The van der Waals surface area contributed by atoms with Gasteiger partial charge in [-0.2, -0.15) is 0 Å². The predicted molar refractivity (Wildman–Crippen MR) is 64.6 cm³/mol. The first-order valence-corrected chi connectivity index (χ1v) is 7.04. The van der Waals surface area contributed by atoms with Crippen molar-refractivity contribution < 1.29 is 4.79 Å². The average Bonchev–Trinajstić information content (AvgIpc) is 2.90. The number of piperidine rings is 1. The fourth-order valence-electron chi connectivity index (χ4n) is 4.95. The Morgan fingerprint density at radius 3 is 3.00 bits per heavy atom. The molecule has 0 aromatic heterocycles. The Balaban J connectivity index is 1.76. The molecule has 3 aliphatic heterocycles. The van der Waals surface area contributed by atoms with Crippen molar-refractivity contribution >= 4 is 5.78 Å². The number of fused-ring (bicyclic) bond motifs is 1. The maximum atomic E-state index is 12.0. The summed E-state index contributed by atoms with van der Waals surface area (Å²) in [5.41, 5.74) is 0.168. The third-order valence-electron chi connectivity index (χ3n) is 5.63. The SMILES string of the molecule is O=C1CC[C@@H]2CCN3CCC4NCNC4[C@]23C1. The highest BCUT2D eigenvalue weighted by molar-refractivity contribution is 5.81. The van der Waals surface area contributed by atoms with Crippen molar-refractivity contribution in [2.45, 2.75) is 49.7 Å². The lowest BCUT2D eigenvalue weighted by molar-refractivity contribution is -0.128. The lowest BCUT2D eigenvalue weighted by Gasteiger charge is -2.53. The highest BCUT2D eigenvalue weighted by Crippen LogP contribution is 2.49. The molecule has 1 spiro atoms. The molecule has 3 heterocycles. The van der Waals surface area contributed by atoms with Crippen LogP contribution in [0, 0.1) is 5.92 Å². The largest absolute Gasteiger partial charge is 0.300 e. The summed E-state index contributed by atoms with van der Waals surface area (Å²) >= 11 is 0. The van der Waals surface area contributed by atoms with Crippen LogP contribution in [0.3, 0.4) is 0 Å². The number of nitrogens with zero attached hydrogens (tertiary/aromatic N) is 1. The Kier molecular flexibility index (Phi) is 2.17. The summed E-state index contributed by atoms with van der Waals surface area (Å²) in [5, 5.41) is 7.20. The first-order valence-electron chi connectivity index (χ1n) is 7.04. The van der Waals surface area contributed by atoms with Gasteiger partial charge >= 0.3 is 0 Å². The zero-order valence-electron chi connectivity index (χ0n) is 10.2. The minimum Gasteiger partial charge on any atom is -0.300 e. The van der Waals surface area contributed by atoms with Crippen LogP contribution in [0.5, 0.6) is 0 Å². The molecule has 2 unspecified atom stereocenters. The zero-order valence-corrected chi connectivity index (χ0v) is 10.2. The molecule has 1 saturated carbocycles. The molecule has 1 aliphatic carbocycles. The van der Waals surface area contributed by atoms with E-state index in [2.05, 4.69) is 15.5 Å². The van der Waals surface area contributed by atoms with Gasteiger partial charge in [-0.05, 0) is 31.7 Å². The summed E-state index contributed by atoms with van der Waals surface area (Å²) in [6, 6.07) is 1.10. The van der Waals surface area contributed by atoms with E-state index in [1.807, 2.05) is 0 Å². The number of carbonyl (C=O) groups excluding carboxylic acids is 1. The van der Waals surface area contributed by atoms with E-state index in [-0.39, 0.29) is 5.54 Å². The van der Waals surface area contributed by atoms with E-state index in [0.29, 0.717) is 17.9 Å². The van der Waals surface area contributed by atoms with Gasteiger partial charge in [0.25, 0.3) is 0 Å². The van der Waals surface area contributed by atoms with Crippen LogP contribution in [-0.4, -0.2) is 48.1 Å². The molecule has 0 radical (unpaired) electrons. The summed E-state index contributed by atoms with van der Waals surface area (Å²) in [6.45, 7) is 3.31. The van der Waals surface area contributed by atoms with Gasteiger partial charge in [-0.15, -0.1) is 0 Å². The topological polar surface area (TPSA) is 44.4 Å². The molecule has 4 fully saturated rings. The molecular formula is C13H21N3O. The van der Waals surface area contributed by atoms with Crippen LogP contribution in [0.2, 0.25) is 0 Å². The first-order chi connectivity index (χ1) is 8.30. The molecule has 0 aromatic carbocycles. The molecule has 0 bridgehead atoms. The minimum atomic E-state index is 0.168. The van der Waals surface area contributed by atoms with Crippen molar-refractivity contribution in [3.63, 3.8) is 0 Å². The maximum Gasteiger partial charge on any atom is 0.134 e. The summed E-state index contributed by atoms with van der Waals surface area (Å²) in [7, 11) is 0. The fraction of sp³-hybridized carbons (Fsp3) is 0.923. The van der Waals surface area contributed by atoms with Gasteiger partial charge in [0.2, 0.25) is 0 Å². The average molecular weight is 235 g/mol. The molecule has 94 valence electrons. The number of rotatable bonds is 0. The molecule has 3 saturated heterocycles. The van der Waals surface area contributed by atoms with Crippen LogP contribution >= 0.6 is 0 Å². The van der Waals surface area contributed by atoms with Crippen molar-refractivity contribution in [3.05, 3.63) is 0 Å². The first kappa shape index (κ1) is 10.5. The molecule has 4 heteroatoms. The van der Waals surface area contributed by atoms with E-state index in [4.69, 9.17) is 0 Å². The lowest BCUT2D eigenvalue weighted by Crippen LogP contribution is -2.68. The van der Waals surface area contributed by atoms with Crippen LogP contribution in [-0.2, 0) is 4.79 Å². The quantitative estimate of drug-likeness (QED) is 0.625. The van der Waals surface area contributed by atoms with E-state index in [1.165, 1.54) is 25.9 Å². The van der Waals surface area contributed by atoms with E-state index >= 15 is 0 Å². The summed E-state index contributed by atoms with van der Waals surface area (Å²) < 4.78 is 0. The van der Waals surface area contributed by atoms with Crippen molar-refractivity contribution in [1.82, 2.24) is 15.5 Å². The standard InChI is InChI=1S/C13H21N3O/c17-10-2-1-9-3-5-16-6-4-11-12(15-8-14-11)13(9,16)7-10/h9,11-12,14-15H,1-8H2/t9-,11?,12?,13+/m1/s1. The normalized spacial score (nSPS) is 49.9. The van der Waals surface area contributed by atoms with Crippen LogP contribution in [0.15, 0.2) is 0 Å². The molecular weight excluding hydrogens is 214 g/mol. The molecule has 4 rings (SSSR count). The second-order valence-corrected chi connectivity index (χ2v) is 6.18. The summed E-state index contributed by atoms with van der Waals surface area (Å²) in [5.74, 6) is 1.24. The third-order valence-corrected chi connectivity index (χ3v) is 5.63. The summed E-state index contributed by atoms with van der Waals surface area (Å²) in [6.07, 6.45) is 5.29. The lowest BCUT2D eigenvalue weighted by atomic mass is 9.65. The number of nitrogens with one attached hydrogen (secondary N) is 2. The van der Waals surface area contributed by atoms with Gasteiger partial charge in [-0.3, -0.25) is 20.3 Å². The molecule has 4 nitrogen and oxygen atoms in total. The molecule has 4 aliphatic rings. The Morgan fingerprint density at radius 1 is 1.18 bits per heavy atom. The maximum absolute atomic E-state index is 12.0. The van der Waals surface area contributed by atoms with Crippen LogP contribution in [0.1, 0.15) is 32.1 Å². The second-order valence-electron chi connectivity index (χ2n) is 6.18. The van der Waals surface area contributed by atoms with Crippen LogP contribution in [0.25, 0.3) is 0 Å². The van der Waals surface area contributed by atoms with Crippen LogP contribution < -0.4 is 10.6 Å². The number of Topliss-reactive ketones (excluding diaryl/α,β-unsaturated/α-hetero) is 1. The fourth-order valence-corrected chi connectivity index (χ4v) is 4.95. The van der Waals surface area contributed by atoms with Gasteiger partial charge in [-0.1, -0.05) is 0 Å². The van der Waals surface area contributed by atoms with Crippen molar-refractivity contribution in [3.8, 4) is 0 Å². The zero-order chi connectivity index (χ0) is 11.5. The van der Waals surface area contributed by atoms with E-state index in [0.717, 1.165) is 31.8 Å². The highest BCUT2D eigenvalue weighted by atomic mass is 16.1. The number of hydrogen-bond donors (Lipinski definition) is 2. The highest BCUT2D eigenvalue weighted by Gasteiger charge is 2.60. The Hall–Kier alpha value is -0.450. The molecule has 0 aromatic rings. The smallest absolute Gasteiger partial charge is 0.134 e. The second kappa shape index (κ2) is 3.53. The number of carbonyl (C=O) groups is 1. The van der Waals surface area contributed by atoms with Gasteiger partial charge in [0.15, 0.2) is 0 Å². The summed E-state index contributed by atoms with van der Waals surface area (Å²) in [4.78, 5) is 14.6. The van der Waals surface area contributed by atoms with E-state index < -0.39 is 0 Å². The van der Waals surface area contributed by atoms with Gasteiger partial charge < -0.3 is 0 Å². The van der Waals surface area contributed by atoms with Crippen molar-refractivity contribution in [1.29, 1.82) is 0 Å². The van der Waals surface area contributed by atoms with Gasteiger partial charge in [0.05, 0.1) is 0 Å². The Bertz CT molecular complexity index is 351. The predicted octanol–water partition coefficient (Wildman–Crippen LogP) is 0.0913. The van der Waals surface area contributed by atoms with Gasteiger partial charge in [0.1, 0.15) is 5.78 Å². The van der Waals surface area contributed by atoms with Gasteiger partial charge in [0, 0.05) is 43.7 Å². The Morgan fingerprint density at radius 2 is 2.06 bits per heavy atom. The molecule has 17 heavy (non-hydrogen) atoms. The number of ketones is 1. The minimum absolute atomic E-state index is 0.168. The van der Waals surface area contributed by atoms with E-state index in [1.54, 1.807) is 0 Å². The third kappa shape index (κ3) is 1.26. The molecule has 2 N–H and O–H groups in total. The Labute approximate surface area is 102 Å². The monoisotopic (exact) mass is 235 g/mol. The van der Waals surface area contributed by atoms with Gasteiger partial charge in [-0.25, -0.2) is 0 Å². The van der Waals surface area contributed by atoms with Crippen molar-refractivity contribution in [2.75, 3.05) is 19.8 Å². The van der Waals surface area contributed by atoms with E-state index in [9.17, 15) is 4.79 Å².